The number of carbonyl (C=O) groups is 1. The van der Waals surface area contributed by atoms with E-state index in [1.165, 1.54) is 6.08 Å². The van der Waals surface area contributed by atoms with Crippen LogP contribution in [0.5, 0.6) is 0 Å². The van der Waals surface area contributed by atoms with Crippen LogP contribution in [0.25, 0.3) is 0 Å². The maximum atomic E-state index is 10.0. The Morgan fingerprint density at radius 1 is 1.78 bits per heavy atom. The van der Waals surface area contributed by atoms with Gasteiger partial charge in [0.05, 0.1) is 0 Å². The first-order valence-corrected chi connectivity index (χ1v) is 6.14. The summed E-state index contributed by atoms with van der Waals surface area (Å²) in [6, 6.07) is 0. The SMILES string of the molecule is O=C([O-])C1=CC=[CH][BiH][O]1. The van der Waals surface area contributed by atoms with Crippen LogP contribution in [-0.4, -0.2) is 29.6 Å². The molecular formula is C5H4BiO3-. The molecule has 0 aromatic rings. The van der Waals surface area contributed by atoms with Gasteiger partial charge in [-0.25, -0.2) is 0 Å². The van der Waals surface area contributed by atoms with Crippen molar-refractivity contribution in [2.75, 3.05) is 0 Å². The van der Waals surface area contributed by atoms with E-state index in [4.69, 9.17) is 2.81 Å². The normalized spacial score (nSPS) is 16.2. The molecule has 0 aromatic heterocycles. The predicted octanol–water partition coefficient (Wildman–Crippen LogP) is -1.48. The fraction of sp³-hybridized carbons (Fsp3) is 0. The molecule has 1 aliphatic rings. The molecule has 0 fully saturated rings. The van der Waals surface area contributed by atoms with Gasteiger partial charge in [-0.05, 0) is 0 Å². The van der Waals surface area contributed by atoms with E-state index in [9.17, 15) is 9.90 Å². The van der Waals surface area contributed by atoms with Crippen molar-refractivity contribution in [1.29, 1.82) is 0 Å². The second-order valence-corrected chi connectivity index (χ2v) is 4.40. The van der Waals surface area contributed by atoms with Gasteiger partial charge in [0.1, 0.15) is 0 Å². The Balaban J connectivity index is 2.68. The number of rotatable bonds is 1. The molecule has 1 rings (SSSR count). The molecule has 0 amide bonds. The van der Waals surface area contributed by atoms with Crippen LogP contribution < -0.4 is 5.11 Å². The first-order valence-electron chi connectivity index (χ1n) is 2.31. The van der Waals surface area contributed by atoms with Gasteiger partial charge in [0.2, 0.25) is 0 Å². The molecule has 1 aliphatic heterocycles. The number of carboxylic acid groups (broad SMARTS) is 1. The Morgan fingerprint density at radius 2 is 2.56 bits per heavy atom. The van der Waals surface area contributed by atoms with Gasteiger partial charge in [-0.1, -0.05) is 0 Å². The maximum absolute atomic E-state index is 10.0. The average Bonchev–Trinajstić information content (AvgIpc) is 1.90. The monoisotopic (exact) mass is 321 g/mol. The Kier molecular flexibility index (Phi) is 2.23. The quantitative estimate of drug-likeness (QED) is 0.553. The van der Waals surface area contributed by atoms with Crippen molar-refractivity contribution >= 4 is 29.6 Å². The van der Waals surface area contributed by atoms with E-state index in [0.717, 1.165) is 0 Å². The first kappa shape index (κ1) is 6.75. The molecule has 0 atom stereocenters. The molecule has 4 heteroatoms. The summed E-state index contributed by atoms with van der Waals surface area (Å²) in [5, 5.41) is 10.0. The van der Waals surface area contributed by atoms with Gasteiger partial charge in [-0.3, -0.25) is 0 Å². The fourth-order valence-corrected chi connectivity index (χ4v) is 2.44. The van der Waals surface area contributed by atoms with Crippen molar-refractivity contribution in [1.82, 2.24) is 0 Å². The molecular weight excluding hydrogens is 317 g/mol. The first-order chi connectivity index (χ1) is 4.30. The molecule has 9 heavy (non-hydrogen) atoms. The molecule has 0 saturated carbocycles. The predicted molar refractivity (Wildman–Crippen MR) is 30.5 cm³/mol. The minimum absolute atomic E-state index is 0.0131. The van der Waals surface area contributed by atoms with Crippen molar-refractivity contribution in [3.8, 4) is 0 Å². The molecule has 1 heterocycles. The number of aliphatic carboxylic acids is 1. The molecule has 0 bridgehead atoms. The standard InChI is InChI=1S/C5H5O3.Bi.H/c1-2-3-4(6)5(7)8;;/h1-3,6H,(H,7,8);;/q;+1;/p-2. The zero-order valence-corrected chi connectivity index (χ0v) is 8.34. The summed E-state index contributed by atoms with van der Waals surface area (Å²) in [7, 11) is 0. The van der Waals surface area contributed by atoms with Crippen LogP contribution in [0.15, 0.2) is 21.7 Å². The van der Waals surface area contributed by atoms with Crippen molar-refractivity contribution in [3.63, 3.8) is 0 Å². The number of hydrogen-bond acceptors (Lipinski definition) is 3. The molecule has 0 aromatic carbocycles. The van der Waals surface area contributed by atoms with Crippen LogP contribution in [0, 0.1) is 0 Å². The second-order valence-electron chi connectivity index (χ2n) is 1.40. The van der Waals surface area contributed by atoms with E-state index in [1.54, 1.807) is 6.08 Å². The van der Waals surface area contributed by atoms with E-state index < -0.39 is 29.6 Å². The van der Waals surface area contributed by atoms with Crippen LogP contribution in [0.4, 0.5) is 0 Å². The van der Waals surface area contributed by atoms with Gasteiger partial charge in [-0.15, -0.1) is 0 Å². The van der Waals surface area contributed by atoms with E-state index in [0.29, 0.717) is 0 Å². The van der Waals surface area contributed by atoms with Gasteiger partial charge >= 0.3 is 64.1 Å². The Labute approximate surface area is 64.2 Å². The van der Waals surface area contributed by atoms with Crippen LogP contribution in [0.3, 0.4) is 0 Å². The number of allylic oxidation sites excluding steroid dienone is 2. The molecule has 3 nitrogen and oxygen atoms in total. The van der Waals surface area contributed by atoms with E-state index in [1.807, 2.05) is 3.78 Å². The Bertz CT molecular complexity index is 183. The third-order valence-corrected chi connectivity index (χ3v) is 3.37. The third kappa shape index (κ3) is 1.79. The molecule has 0 aliphatic carbocycles. The summed E-state index contributed by atoms with van der Waals surface area (Å²) in [4.78, 5) is 10.0. The van der Waals surface area contributed by atoms with Crippen LogP contribution in [0.1, 0.15) is 0 Å². The number of carboxylic acids is 1. The van der Waals surface area contributed by atoms with Gasteiger partial charge in [-0.2, -0.15) is 0 Å². The van der Waals surface area contributed by atoms with E-state index in [-0.39, 0.29) is 5.76 Å². The zero-order chi connectivity index (χ0) is 6.69. The van der Waals surface area contributed by atoms with Crippen molar-refractivity contribution in [2.45, 2.75) is 0 Å². The molecule has 0 saturated heterocycles. The second kappa shape index (κ2) is 2.97. The average molecular weight is 321 g/mol. The Hall–Kier alpha value is -0.367. The summed E-state index contributed by atoms with van der Waals surface area (Å²) >= 11 is -1.18. The van der Waals surface area contributed by atoms with Crippen molar-refractivity contribution in [2.24, 2.45) is 0 Å². The fourth-order valence-electron chi connectivity index (χ4n) is 0.416. The summed E-state index contributed by atoms with van der Waals surface area (Å²) < 4.78 is 6.76. The topological polar surface area (TPSA) is 49.4 Å². The van der Waals surface area contributed by atoms with Crippen LogP contribution in [0.2, 0.25) is 0 Å². The van der Waals surface area contributed by atoms with Gasteiger partial charge in [0, 0.05) is 0 Å². The zero-order valence-electron chi connectivity index (χ0n) is 4.46. The van der Waals surface area contributed by atoms with Crippen LogP contribution in [-0.2, 0) is 7.61 Å². The van der Waals surface area contributed by atoms with Gasteiger partial charge in [0.25, 0.3) is 0 Å². The third-order valence-electron chi connectivity index (χ3n) is 0.782. The summed E-state index contributed by atoms with van der Waals surface area (Å²) in [5.74, 6) is -1.23. The van der Waals surface area contributed by atoms with Crippen LogP contribution >= 0.6 is 0 Å². The molecule has 0 N–H and O–H groups in total. The minimum atomic E-state index is -1.22. The number of carbonyl (C=O) groups excluding carboxylic acids is 1. The molecule has 0 radical (unpaired) electrons. The Morgan fingerprint density at radius 3 is 2.89 bits per heavy atom. The molecule has 48 valence electrons. The number of hydrogen-bond donors (Lipinski definition) is 0. The summed E-state index contributed by atoms with van der Waals surface area (Å²) in [6.07, 6.45) is 3.11. The van der Waals surface area contributed by atoms with E-state index in [2.05, 4.69) is 0 Å². The van der Waals surface area contributed by atoms with Gasteiger partial charge < -0.3 is 0 Å². The van der Waals surface area contributed by atoms with Crippen molar-refractivity contribution < 1.29 is 12.7 Å². The summed E-state index contributed by atoms with van der Waals surface area (Å²) in [5.41, 5.74) is 0. The molecule has 0 unspecified atom stereocenters. The summed E-state index contributed by atoms with van der Waals surface area (Å²) in [6.45, 7) is 0. The van der Waals surface area contributed by atoms with E-state index >= 15 is 0 Å². The molecule has 0 spiro atoms. The van der Waals surface area contributed by atoms with Gasteiger partial charge in [0.15, 0.2) is 0 Å². The van der Waals surface area contributed by atoms with Crippen molar-refractivity contribution in [3.05, 3.63) is 21.7 Å².